The number of rotatable bonds is 5. The smallest absolute Gasteiger partial charge is 0.225 e. The Morgan fingerprint density at radius 2 is 2.13 bits per heavy atom. The van der Waals surface area contributed by atoms with Gasteiger partial charge in [0.05, 0.1) is 0 Å². The van der Waals surface area contributed by atoms with Gasteiger partial charge in [-0.1, -0.05) is 0 Å². The molecule has 0 aliphatic carbocycles. The van der Waals surface area contributed by atoms with E-state index in [1.54, 1.807) is 0 Å². The van der Waals surface area contributed by atoms with Crippen LogP contribution in [0, 0.1) is 5.92 Å². The second-order valence-electron chi connectivity index (χ2n) is 3.95. The van der Waals surface area contributed by atoms with E-state index in [9.17, 15) is 4.79 Å². The van der Waals surface area contributed by atoms with Crippen molar-refractivity contribution in [1.29, 1.82) is 0 Å². The Kier molecular flexibility index (Phi) is 5.65. The first-order valence-electron chi connectivity index (χ1n) is 5.86. The van der Waals surface area contributed by atoms with E-state index in [2.05, 4.69) is 0 Å². The van der Waals surface area contributed by atoms with Crippen LogP contribution < -0.4 is 5.73 Å². The van der Waals surface area contributed by atoms with Crippen LogP contribution in [0.3, 0.4) is 0 Å². The number of hydrogen-bond acceptors (Lipinski definition) is 3. The summed E-state index contributed by atoms with van der Waals surface area (Å²) >= 11 is 0. The molecule has 0 atom stereocenters. The first-order valence-corrected chi connectivity index (χ1v) is 5.86. The van der Waals surface area contributed by atoms with Crippen LogP contribution in [-0.2, 0) is 9.53 Å². The van der Waals surface area contributed by atoms with Crippen LogP contribution in [0.5, 0.6) is 0 Å². The summed E-state index contributed by atoms with van der Waals surface area (Å²) in [5.74, 6) is 0.464. The van der Waals surface area contributed by atoms with Crippen molar-refractivity contribution in [2.75, 3.05) is 32.8 Å². The summed E-state index contributed by atoms with van der Waals surface area (Å²) in [5, 5.41) is 0. The van der Waals surface area contributed by atoms with Crippen molar-refractivity contribution >= 4 is 5.91 Å². The number of ether oxygens (including phenoxy) is 1. The number of carbonyl (C=O) groups excluding carboxylic acids is 1. The van der Waals surface area contributed by atoms with E-state index in [0.29, 0.717) is 6.54 Å². The molecule has 0 spiro atoms. The maximum atomic E-state index is 12.1. The molecule has 0 radical (unpaired) electrons. The summed E-state index contributed by atoms with van der Waals surface area (Å²) in [6.07, 6.45) is 2.64. The molecule has 0 aromatic heterocycles. The third-order valence-electron chi connectivity index (χ3n) is 2.90. The van der Waals surface area contributed by atoms with E-state index in [1.165, 1.54) is 0 Å². The number of hydrogen-bond donors (Lipinski definition) is 1. The molecule has 0 unspecified atom stereocenters. The fourth-order valence-electron chi connectivity index (χ4n) is 1.91. The van der Waals surface area contributed by atoms with Gasteiger partial charge < -0.3 is 15.4 Å². The molecule has 2 N–H and O–H groups in total. The lowest BCUT2D eigenvalue weighted by atomic mass is 9.98. The lowest BCUT2D eigenvalue weighted by molar-refractivity contribution is -0.138. The molecule has 1 heterocycles. The van der Waals surface area contributed by atoms with Crippen molar-refractivity contribution in [3.63, 3.8) is 0 Å². The molecule has 0 aromatic rings. The van der Waals surface area contributed by atoms with Gasteiger partial charge in [-0.25, -0.2) is 0 Å². The molecule has 1 fully saturated rings. The zero-order valence-corrected chi connectivity index (χ0v) is 9.58. The van der Waals surface area contributed by atoms with Crippen LogP contribution in [0.15, 0.2) is 0 Å². The quantitative estimate of drug-likeness (QED) is 0.729. The van der Waals surface area contributed by atoms with Gasteiger partial charge in [-0.3, -0.25) is 4.79 Å². The van der Waals surface area contributed by atoms with Crippen molar-refractivity contribution in [3.05, 3.63) is 0 Å². The minimum absolute atomic E-state index is 0.177. The fraction of sp³-hybridized carbons (Fsp3) is 0.909. The van der Waals surface area contributed by atoms with Crippen molar-refractivity contribution in [1.82, 2.24) is 4.90 Å². The standard InChI is InChI=1S/C11H22N2O2/c1-2-13(7-3-6-12)11(14)10-4-8-15-9-5-10/h10H,2-9,12H2,1H3. The Bertz CT molecular complexity index is 191. The Hall–Kier alpha value is -0.610. The second kappa shape index (κ2) is 6.80. The summed E-state index contributed by atoms with van der Waals surface area (Å²) in [6.45, 7) is 5.71. The van der Waals surface area contributed by atoms with E-state index >= 15 is 0 Å². The highest BCUT2D eigenvalue weighted by Gasteiger charge is 2.24. The zero-order chi connectivity index (χ0) is 11.1. The van der Waals surface area contributed by atoms with E-state index in [1.807, 2.05) is 11.8 Å². The molecule has 88 valence electrons. The lowest BCUT2D eigenvalue weighted by Crippen LogP contribution is -2.39. The molecule has 0 aromatic carbocycles. The third kappa shape index (κ3) is 3.80. The molecular formula is C11H22N2O2. The summed E-state index contributed by atoms with van der Waals surface area (Å²) in [7, 11) is 0. The zero-order valence-electron chi connectivity index (χ0n) is 9.58. The van der Waals surface area contributed by atoms with Gasteiger partial charge in [0.15, 0.2) is 0 Å². The Labute approximate surface area is 91.8 Å². The molecule has 0 saturated carbocycles. The molecule has 1 aliphatic heterocycles. The molecule has 15 heavy (non-hydrogen) atoms. The van der Waals surface area contributed by atoms with Gasteiger partial charge in [-0.15, -0.1) is 0 Å². The monoisotopic (exact) mass is 214 g/mol. The molecular weight excluding hydrogens is 192 g/mol. The van der Waals surface area contributed by atoms with Gasteiger partial charge in [0, 0.05) is 32.2 Å². The van der Waals surface area contributed by atoms with Crippen LogP contribution in [0.1, 0.15) is 26.2 Å². The lowest BCUT2D eigenvalue weighted by Gasteiger charge is -2.28. The van der Waals surface area contributed by atoms with Crippen molar-refractivity contribution in [2.24, 2.45) is 11.7 Å². The van der Waals surface area contributed by atoms with Crippen LogP contribution in [0.25, 0.3) is 0 Å². The second-order valence-corrected chi connectivity index (χ2v) is 3.95. The highest BCUT2D eigenvalue weighted by molar-refractivity contribution is 5.78. The predicted octanol–water partition coefficient (Wildman–Crippen LogP) is 0.610. The number of carbonyl (C=O) groups is 1. The summed E-state index contributed by atoms with van der Waals surface area (Å²) in [4.78, 5) is 14.0. The van der Waals surface area contributed by atoms with Crippen LogP contribution >= 0.6 is 0 Å². The minimum atomic E-state index is 0.177. The highest BCUT2D eigenvalue weighted by Crippen LogP contribution is 2.17. The van der Waals surface area contributed by atoms with E-state index in [-0.39, 0.29) is 11.8 Å². The van der Waals surface area contributed by atoms with E-state index in [0.717, 1.165) is 45.6 Å². The van der Waals surface area contributed by atoms with E-state index < -0.39 is 0 Å². The predicted molar refractivity (Wildman–Crippen MR) is 59.5 cm³/mol. The summed E-state index contributed by atoms with van der Waals surface area (Å²) in [5.41, 5.74) is 5.45. The fourth-order valence-corrected chi connectivity index (χ4v) is 1.91. The number of amides is 1. The topological polar surface area (TPSA) is 55.6 Å². The number of nitrogens with zero attached hydrogens (tertiary/aromatic N) is 1. The van der Waals surface area contributed by atoms with Gasteiger partial charge in [0.2, 0.25) is 5.91 Å². The van der Waals surface area contributed by atoms with Gasteiger partial charge in [-0.2, -0.15) is 0 Å². The summed E-state index contributed by atoms with van der Waals surface area (Å²) in [6, 6.07) is 0. The molecule has 1 rings (SSSR count). The Morgan fingerprint density at radius 3 is 2.67 bits per heavy atom. The van der Waals surface area contributed by atoms with Gasteiger partial charge in [0.1, 0.15) is 0 Å². The normalized spacial score (nSPS) is 17.7. The molecule has 4 heteroatoms. The molecule has 1 amide bonds. The van der Waals surface area contributed by atoms with Crippen LogP contribution in [0.4, 0.5) is 0 Å². The highest BCUT2D eigenvalue weighted by atomic mass is 16.5. The van der Waals surface area contributed by atoms with Crippen molar-refractivity contribution in [2.45, 2.75) is 26.2 Å². The van der Waals surface area contributed by atoms with Crippen LogP contribution in [0.2, 0.25) is 0 Å². The first-order chi connectivity index (χ1) is 7.29. The van der Waals surface area contributed by atoms with Gasteiger partial charge in [-0.05, 0) is 32.7 Å². The largest absolute Gasteiger partial charge is 0.381 e. The number of nitrogens with two attached hydrogens (primary N) is 1. The third-order valence-corrected chi connectivity index (χ3v) is 2.90. The average molecular weight is 214 g/mol. The molecule has 1 saturated heterocycles. The molecule has 1 aliphatic rings. The first kappa shape index (κ1) is 12.5. The maximum absolute atomic E-state index is 12.1. The SMILES string of the molecule is CCN(CCCN)C(=O)C1CCOCC1. The average Bonchev–Trinajstić information content (AvgIpc) is 2.31. The minimum Gasteiger partial charge on any atom is -0.381 e. The van der Waals surface area contributed by atoms with Crippen molar-refractivity contribution in [3.8, 4) is 0 Å². The maximum Gasteiger partial charge on any atom is 0.225 e. The van der Waals surface area contributed by atoms with E-state index in [4.69, 9.17) is 10.5 Å². The van der Waals surface area contributed by atoms with Gasteiger partial charge >= 0.3 is 0 Å². The van der Waals surface area contributed by atoms with Gasteiger partial charge in [0.25, 0.3) is 0 Å². The molecule has 4 nitrogen and oxygen atoms in total. The Morgan fingerprint density at radius 1 is 1.47 bits per heavy atom. The van der Waals surface area contributed by atoms with Crippen LogP contribution in [-0.4, -0.2) is 43.7 Å². The summed E-state index contributed by atoms with van der Waals surface area (Å²) < 4.78 is 5.25. The van der Waals surface area contributed by atoms with Crippen molar-refractivity contribution < 1.29 is 9.53 Å². The molecule has 0 bridgehead atoms. The Balaban J connectivity index is 2.40.